The van der Waals surface area contributed by atoms with Gasteiger partial charge in [-0.3, -0.25) is 0 Å². The molecule has 96 valence electrons. The highest BCUT2D eigenvalue weighted by Crippen LogP contribution is 2.23. The molecule has 0 aliphatic carbocycles. The molecule has 0 amide bonds. The monoisotopic (exact) mass is 326 g/mol. The van der Waals surface area contributed by atoms with Crippen LogP contribution in [0.4, 0.5) is 0 Å². The van der Waals surface area contributed by atoms with Gasteiger partial charge in [-0.1, -0.05) is 22.9 Å². The SMILES string of the molecule is CCNCc1cc(OCc2cscn2)ccc1Br. The van der Waals surface area contributed by atoms with Gasteiger partial charge in [-0.15, -0.1) is 11.3 Å². The lowest BCUT2D eigenvalue weighted by Gasteiger charge is -2.09. The quantitative estimate of drug-likeness (QED) is 0.880. The van der Waals surface area contributed by atoms with E-state index in [0.717, 1.165) is 29.0 Å². The van der Waals surface area contributed by atoms with Crippen molar-refractivity contribution in [3.8, 4) is 5.75 Å². The van der Waals surface area contributed by atoms with Crippen molar-refractivity contribution in [1.29, 1.82) is 0 Å². The summed E-state index contributed by atoms with van der Waals surface area (Å²) in [5.74, 6) is 0.874. The first kappa shape index (κ1) is 13.5. The molecule has 1 aromatic heterocycles. The molecule has 1 aromatic carbocycles. The predicted molar refractivity (Wildman–Crippen MR) is 78.0 cm³/mol. The van der Waals surface area contributed by atoms with E-state index in [1.807, 2.05) is 23.0 Å². The lowest BCUT2D eigenvalue weighted by molar-refractivity contribution is 0.301. The summed E-state index contributed by atoms with van der Waals surface area (Å²) in [6, 6.07) is 6.04. The average molecular weight is 327 g/mol. The van der Waals surface area contributed by atoms with Crippen LogP contribution in [0.15, 0.2) is 33.6 Å². The number of thiazole rings is 1. The van der Waals surface area contributed by atoms with E-state index in [2.05, 4.69) is 39.2 Å². The minimum Gasteiger partial charge on any atom is -0.487 e. The van der Waals surface area contributed by atoms with Crippen molar-refractivity contribution in [2.45, 2.75) is 20.1 Å². The molecule has 0 fully saturated rings. The van der Waals surface area contributed by atoms with E-state index in [9.17, 15) is 0 Å². The largest absolute Gasteiger partial charge is 0.487 e. The van der Waals surface area contributed by atoms with Crippen LogP contribution >= 0.6 is 27.3 Å². The first-order valence-electron chi connectivity index (χ1n) is 5.78. The third kappa shape index (κ3) is 3.80. The van der Waals surface area contributed by atoms with Gasteiger partial charge < -0.3 is 10.1 Å². The van der Waals surface area contributed by atoms with Crippen LogP contribution < -0.4 is 10.1 Å². The third-order valence-corrected chi connectivity index (χ3v) is 3.86. The molecule has 1 N–H and O–H groups in total. The summed E-state index contributed by atoms with van der Waals surface area (Å²) in [4.78, 5) is 4.19. The number of hydrogen-bond acceptors (Lipinski definition) is 4. The molecule has 0 bridgehead atoms. The first-order chi connectivity index (χ1) is 8.79. The van der Waals surface area contributed by atoms with E-state index in [4.69, 9.17) is 4.74 Å². The summed E-state index contributed by atoms with van der Waals surface area (Å²) in [5.41, 5.74) is 3.99. The fourth-order valence-corrected chi connectivity index (χ4v) is 2.43. The Kier molecular flexibility index (Phi) is 5.16. The smallest absolute Gasteiger partial charge is 0.131 e. The molecule has 0 saturated heterocycles. The molecule has 2 rings (SSSR count). The van der Waals surface area contributed by atoms with Gasteiger partial charge in [-0.25, -0.2) is 4.98 Å². The number of aromatic nitrogens is 1. The summed E-state index contributed by atoms with van der Waals surface area (Å²) >= 11 is 5.13. The van der Waals surface area contributed by atoms with E-state index in [1.165, 1.54) is 5.56 Å². The van der Waals surface area contributed by atoms with Crippen LogP contribution in [0.5, 0.6) is 5.75 Å². The summed E-state index contributed by atoms with van der Waals surface area (Å²) in [6.45, 7) is 4.41. The molecule has 0 aliphatic heterocycles. The van der Waals surface area contributed by atoms with E-state index in [-0.39, 0.29) is 0 Å². The highest BCUT2D eigenvalue weighted by atomic mass is 79.9. The van der Waals surface area contributed by atoms with Gasteiger partial charge in [0.25, 0.3) is 0 Å². The second kappa shape index (κ2) is 6.87. The van der Waals surface area contributed by atoms with Crippen molar-refractivity contribution in [3.05, 3.63) is 44.8 Å². The number of rotatable bonds is 6. The molecule has 0 radical (unpaired) electrons. The maximum absolute atomic E-state index is 5.72. The number of ether oxygens (including phenoxy) is 1. The second-order valence-corrected chi connectivity index (χ2v) is 5.38. The molecule has 0 spiro atoms. The molecule has 2 aromatic rings. The lowest BCUT2D eigenvalue weighted by atomic mass is 10.2. The Hall–Kier alpha value is -0.910. The maximum atomic E-state index is 5.72. The molecule has 1 heterocycles. The summed E-state index contributed by atoms with van der Waals surface area (Å²) in [6.07, 6.45) is 0. The second-order valence-electron chi connectivity index (χ2n) is 3.80. The number of halogens is 1. The molecule has 5 heteroatoms. The number of nitrogens with one attached hydrogen (secondary N) is 1. The molecule has 0 aliphatic rings. The normalized spacial score (nSPS) is 10.6. The first-order valence-corrected chi connectivity index (χ1v) is 7.52. The lowest BCUT2D eigenvalue weighted by Crippen LogP contribution is -2.12. The fraction of sp³-hybridized carbons (Fsp3) is 0.308. The zero-order valence-electron chi connectivity index (χ0n) is 10.1. The molecule has 3 nitrogen and oxygen atoms in total. The van der Waals surface area contributed by atoms with Gasteiger partial charge in [0.2, 0.25) is 0 Å². The van der Waals surface area contributed by atoms with E-state index in [0.29, 0.717) is 6.61 Å². The number of benzene rings is 1. The topological polar surface area (TPSA) is 34.1 Å². The maximum Gasteiger partial charge on any atom is 0.131 e. The summed E-state index contributed by atoms with van der Waals surface area (Å²) in [7, 11) is 0. The van der Waals surface area contributed by atoms with Crippen LogP contribution in [0.2, 0.25) is 0 Å². The standard InChI is InChI=1S/C13H15BrN2OS/c1-2-15-6-10-5-12(3-4-13(10)14)17-7-11-8-18-9-16-11/h3-5,8-9,15H,2,6-7H2,1H3. The Bertz CT molecular complexity index is 488. The van der Waals surface area contributed by atoms with Gasteiger partial charge in [0.15, 0.2) is 0 Å². The Balaban J connectivity index is 2.00. The van der Waals surface area contributed by atoms with Gasteiger partial charge in [0, 0.05) is 16.4 Å². The zero-order chi connectivity index (χ0) is 12.8. The van der Waals surface area contributed by atoms with Gasteiger partial charge in [0.1, 0.15) is 12.4 Å². The van der Waals surface area contributed by atoms with Gasteiger partial charge in [0.05, 0.1) is 11.2 Å². The van der Waals surface area contributed by atoms with Crippen molar-refractivity contribution in [2.24, 2.45) is 0 Å². The minimum absolute atomic E-state index is 0.520. The molecular weight excluding hydrogens is 312 g/mol. The van der Waals surface area contributed by atoms with Crippen LogP contribution in [-0.2, 0) is 13.2 Å². The number of nitrogens with zero attached hydrogens (tertiary/aromatic N) is 1. The van der Waals surface area contributed by atoms with Crippen molar-refractivity contribution < 1.29 is 4.74 Å². The van der Waals surface area contributed by atoms with E-state index < -0.39 is 0 Å². The zero-order valence-corrected chi connectivity index (χ0v) is 12.6. The Labute approximate surface area is 119 Å². The van der Waals surface area contributed by atoms with Crippen molar-refractivity contribution in [1.82, 2.24) is 10.3 Å². The predicted octanol–water partition coefficient (Wildman–Crippen LogP) is 3.59. The molecule has 0 saturated carbocycles. The molecular formula is C13H15BrN2OS. The summed E-state index contributed by atoms with van der Waals surface area (Å²) in [5, 5.41) is 5.30. The molecule has 0 atom stereocenters. The molecule has 0 unspecified atom stereocenters. The Morgan fingerprint density at radius 2 is 2.33 bits per heavy atom. The highest BCUT2D eigenvalue weighted by Gasteiger charge is 2.03. The third-order valence-electron chi connectivity index (χ3n) is 2.45. The fourth-order valence-electron chi connectivity index (χ4n) is 1.50. The van der Waals surface area contributed by atoms with Gasteiger partial charge >= 0.3 is 0 Å². The highest BCUT2D eigenvalue weighted by molar-refractivity contribution is 9.10. The van der Waals surface area contributed by atoms with Crippen LogP contribution in [-0.4, -0.2) is 11.5 Å². The van der Waals surface area contributed by atoms with Crippen LogP contribution in [0.1, 0.15) is 18.2 Å². The summed E-state index contributed by atoms with van der Waals surface area (Å²) < 4.78 is 6.82. The van der Waals surface area contributed by atoms with Crippen LogP contribution in [0, 0.1) is 0 Å². The van der Waals surface area contributed by atoms with Gasteiger partial charge in [-0.2, -0.15) is 0 Å². The average Bonchev–Trinajstić information content (AvgIpc) is 2.89. The minimum atomic E-state index is 0.520. The number of hydrogen-bond donors (Lipinski definition) is 1. The van der Waals surface area contributed by atoms with Crippen LogP contribution in [0.3, 0.4) is 0 Å². The van der Waals surface area contributed by atoms with E-state index in [1.54, 1.807) is 11.3 Å². The van der Waals surface area contributed by atoms with Crippen molar-refractivity contribution in [2.75, 3.05) is 6.54 Å². The van der Waals surface area contributed by atoms with Gasteiger partial charge in [-0.05, 0) is 30.3 Å². The van der Waals surface area contributed by atoms with Crippen molar-refractivity contribution in [3.63, 3.8) is 0 Å². The van der Waals surface area contributed by atoms with Crippen molar-refractivity contribution >= 4 is 27.3 Å². The Morgan fingerprint density at radius 1 is 1.44 bits per heavy atom. The molecule has 18 heavy (non-hydrogen) atoms. The van der Waals surface area contributed by atoms with E-state index >= 15 is 0 Å². The van der Waals surface area contributed by atoms with Crippen LogP contribution in [0.25, 0.3) is 0 Å². The Morgan fingerprint density at radius 3 is 3.06 bits per heavy atom.